The van der Waals surface area contributed by atoms with Gasteiger partial charge in [0, 0.05) is 30.9 Å². The van der Waals surface area contributed by atoms with Crippen LogP contribution in [-0.4, -0.2) is 39.8 Å². The Morgan fingerprint density at radius 2 is 2.17 bits per heavy atom. The van der Waals surface area contributed by atoms with Gasteiger partial charge in [0.05, 0.1) is 18.4 Å². The molecule has 0 aliphatic carbocycles. The van der Waals surface area contributed by atoms with Crippen LogP contribution in [-0.2, 0) is 0 Å². The summed E-state index contributed by atoms with van der Waals surface area (Å²) in [6, 6.07) is 7.91. The molecule has 3 aromatic rings. The SMILES string of the molecule is COc1ncccc1-c1cc2nccc(C3CCCNC3)n2n1.Cl. The first-order valence-electron chi connectivity index (χ1n) is 7.91. The molecule has 126 valence electrons. The number of nitrogens with zero attached hydrogens (tertiary/aromatic N) is 4. The first-order chi connectivity index (χ1) is 11.4. The summed E-state index contributed by atoms with van der Waals surface area (Å²) in [5.41, 5.74) is 3.78. The molecule has 24 heavy (non-hydrogen) atoms. The van der Waals surface area contributed by atoms with E-state index in [0.717, 1.165) is 30.0 Å². The predicted octanol–water partition coefficient (Wildman–Crippen LogP) is 2.69. The minimum atomic E-state index is 0. The fourth-order valence-electron chi connectivity index (χ4n) is 3.21. The summed E-state index contributed by atoms with van der Waals surface area (Å²) in [5, 5.41) is 8.24. The van der Waals surface area contributed by atoms with Crippen molar-refractivity contribution in [1.82, 2.24) is 24.9 Å². The van der Waals surface area contributed by atoms with E-state index in [9.17, 15) is 0 Å². The van der Waals surface area contributed by atoms with Crippen molar-refractivity contribution in [2.75, 3.05) is 20.2 Å². The van der Waals surface area contributed by atoms with Crippen LogP contribution in [0.15, 0.2) is 36.7 Å². The largest absolute Gasteiger partial charge is 0.481 e. The lowest BCUT2D eigenvalue weighted by molar-refractivity contribution is 0.399. The number of methoxy groups -OCH3 is 1. The van der Waals surface area contributed by atoms with Crippen molar-refractivity contribution in [3.8, 4) is 17.1 Å². The molecule has 0 aromatic carbocycles. The van der Waals surface area contributed by atoms with Gasteiger partial charge in [0.1, 0.15) is 5.69 Å². The normalized spacial score (nSPS) is 17.5. The van der Waals surface area contributed by atoms with Crippen molar-refractivity contribution in [3.05, 3.63) is 42.4 Å². The van der Waals surface area contributed by atoms with Gasteiger partial charge in [-0.05, 0) is 37.6 Å². The Morgan fingerprint density at radius 3 is 2.96 bits per heavy atom. The average molecular weight is 346 g/mol. The molecular formula is C17H20ClN5O. The smallest absolute Gasteiger partial charge is 0.222 e. The van der Waals surface area contributed by atoms with Crippen LogP contribution < -0.4 is 10.1 Å². The third-order valence-electron chi connectivity index (χ3n) is 4.34. The van der Waals surface area contributed by atoms with Crippen molar-refractivity contribution < 1.29 is 4.74 Å². The highest BCUT2D eigenvalue weighted by Gasteiger charge is 2.20. The lowest BCUT2D eigenvalue weighted by atomic mass is 9.96. The van der Waals surface area contributed by atoms with E-state index in [1.165, 1.54) is 18.5 Å². The molecule has 0 bridgehead atoms. The summed E-state index contributed by atoms with van der Waals surface area (Å²) in [6.45, 7) is 2.09. The summed E-state index contributed by atoms with van der Waals surface area (Å²) in [4.78, 5) is 8.71. The van der Waals surface area contributed by atoms with E-state index in [0.29, 0.717) is 11.8 Å². The van der Waals surface area contributed by atoms with Gasteiger partial charge in [-0.25, -0.2) is 14.5 Å². The standard InChI is InChI=1S/C17H19N5O.ClH/c1-23-17-13(5-3-8-20-17)14-10-16-19-9-6-15(22(16)21-14)12-4-2-7-18-11-12;/h3,5-6,8-10,12,18H,2,4,7,11H2,1H3;1H. The molecule has 0 amide bonds. The van der Waals surface area contributed by atoms with Crippen molar-refractivity contribution in [2.45, 2.75) is 18.8 Å². The highest BCUT2D eigenvalue weighted by atomic mass is 35.5. The molecule has 0 radical (unpaired) electrons. The molecule has 1 saturated heterocycles. The number of pyridine rings is 1. The second-order valence-corrected chi connectivity index (χ2v) is 5.77. The van der Waals surface area contributed by atoms with Gasteiger partial charge in [0.15, 0.2) is 5.65 Å². The Kier molecular flexibility index (Phi) is 4.97. The first-order valence-corrected chi connectivity index (χ1v) is 7.91. The van der Waals surface area contributed by atoms with E-state index in [2.05, 4.69) is 21.4 Å². The van der Waals surface area contributed by atoms with Crippen LogP contribution in [0.1, 0.15) is 24.5 Å². The number of piperidine rings is 1. The summed E-state index contributed by atoms with van der Waals surface area (Å²) in [5.74, 6) is 1.05. The molecule has 0 saturated carbocycles. The average Bonchev–Trinajstić information content (AvgIpc) is 3.06. The molecule has 4 rings (SSSR count). The summed E-state index contributed by atoms with van der Waals surface area (Å²) in [7, 11) is 1.62. The second-order valence-electron chi connectivity index (χ2n) is 5.77. The fourth-order valence-corrected chi connectivity index (χ4v) is 3.21. The van der Waals surface area contributed by atoms with Gasteiger partial charge in [-0.3, -0.25) is 0 Å². The van der Waals surface area contributed by atoms with E-state index in [1.807, 2.05) is 28.9 Å². The van der Waals surface area contributed by atoms with Gasteiger partial charge in [0.2, 0.25) is 5.88 Å². The molecule has 1 aliphatic heterocycles. The van der Waals surface area contributed by atoms with Gasteiger partial charge in [0.25, 0.3) is 0 Å². The third-order valence-corrected chi connectivity index (χ3v) is 4.34. The second kappa shape index (κ2) is 7.15. The van der Waals surface area contributed by atoms with Crippen LogP contribution in [0.5, 0.6) is 5.88 Å². The third kappa shape index (κ3) is 2.95. The van der Waals surface area contributed by atoms with E-state index in [-0.39, 0.29) is 12.4 Å². The van der Waals surface area contributed by atoms with Crippen LogP contribution in [0.3, 0.4) is 0 Å². The Hall–Kier alpha value is -2.18. The van der Waals surface area contributed by atoms with Gasteiger partial charge in [-0.15, -0.1) is 12.4 Å². The van der Waals surface area contributed by atoms with Crippen molar-refractivity contribution >= 4 is 18.1 Å². The molecule has 1 fully saturated rings. The lowest BCUT2D eigenvalue weighted by Crippen LogP contribution is -2.29. The summed E-state index contributed by atoms with van der Waals surface area (Å²) in [6.07, 6.45) is 5.96. The van der Waals surface area contributed by atoms with Crippen molar-refractivity contribution in [3.63, 3.8) is 0 Å². The molecule has 1 atom stereocenters. The Labute approximate surface area is 146 Å². The molecule has 3 aromatic heterocycles. The van der Waals surface area contributed by atoms with E-state index < -0.39 is 0 Å². The van der Waals surface area contributed by atoms with Crippen LogP contribution in [0.25, 0.3) is 16.9 Å². The van der Waals surface area contributed by atoms with Gasteiger partial charge in [-0.1, -0.05) is 0 Å². The molecule has 6 nitrogen and oxygen atoms in total. The highest BCUT2D eigenvalue weighted by molar-refractivity contribution is 5.85. The molecule has 0 spiro atoms. The highest BCUT2D eigenvalue weighted by Crippen LogP contribution is 2.29. The zero-order valence-electron chi connectivity index (χ0n) is 13.5. The van der Waals surface area contributed by atoms with Crippen molar-refractivity contribution in [1.29, 1.82) is 0 Å². The maximum absolute atomic E-state index is 5.35. The van der Waals surface area contributed by atoms with E-state index >= 15 is 0 Å². The monoisotopic (exact) mass is 345 g/mol. The summed E-state index contributed by atoms with van der Waals surface area (Å²) >= 11 is 0. The van der Waals surface area contributed by atoms with Crippen LogP contribution in [0.4, 0.5) is 0 Å². The number of nitrogens with one attached hydrogen (secondary N) is 1. The topological polar surface area (TPSA) is 64.3 Å². The number of ether oxygens (including phenoxy) is 1. The van der Waals surface area contributed by atoms with E-state index in [4.69, 9.17) is 9.84 Å². The lowest BCUT2D eigenvalue weighted by Gasteiger charge is -2.23. The number of fused-ring (bicyclic) bond motifs is 1. The number of rotatable bonds is 3. The predicted molar refractivity (Wildman–Crippen MR) is 94.9 cm³/mol. The number of aromatic nitrogens is 4. The number of hydrogen-bond donors (Lipinski definition) is 1. The van der Waals surface area contributed by atoms with Crippen LogP contribution >= 0.6 is 12.4 Å². The van der Waals surface area contributed by atoms with Crippen LogP contribution in [0, 0.1) is 0 Å². The Morgan fingerprint density at radius 1 is 1.25 bits per heavy atom. The van der Waals surface area contributed by atoms with Crippen molar-refractivity contribution in [2.24, 2.45) is 0 Å². The number of halogens is 1. The fraction of sp³-hybridized carbons (Fsp3) is 0.353. The maximum atomic E-state index is 5.35. The number of hydrogen-bond acceptors (Lipinski definition) is 5. The Bertz CT molecular complexity index is 829. The van der Waals surface area contributed by atoms with Gasteiger partial charge >= 0.3 is 0 Å². The minimum absolute atomic E-state index is 0. The minimum Gasteiger partial charge on any atom is -0.481 e. The molecular weight excluding hydrogens is 326 g/mol. The zero-order chi connectivity index (χ0) is 15.6. The van der Waals surface area contributed by atoms with E-state index in [1.54, 1.807) is 13.3 Å². The van der Waals surface area contributed by atoms with Crippen LogP contribution in [0.2, 0.25) is 0 Å². The molecule has 4 heterocycles. The first kappa shape index (κ1) is 16.7. The zero-order valence-corrected chi connectivity index (χ0v) is 14.3. The Balaban J connectivity index is 0.00000169. The molecule has 1 unspecified atom stereocenters. The summed E-state index contributed by atoms with van der Waals surface area (Å²) < 4.78 is 7.31. The maximum Gasteiger partial charge on any atom is 0.222 e. The molecule has 7 heteroatoms. The molecule has 1 aliphatic rings. The molecule has 1 N–H and O–H groups in total. The van der Waals surface area contributed by atoms with Gasteiger partial charge in [-0.2, -0.15) is 5.10 Å². The quantitative estimate of drug-likeness (QED) is 0.790. The van der Waals surface area contributed by atoms with Gasteiger partial charge < -0.3 is 10.1 Å².